The minimum atomic E-state index is -0.994. The van der Waals surface area contributed by atoms with Gasteiger partial charge in [0.05, 0.1) is 12.2 Å². The second-order valence-corrected chi connectivity index (χ2v) is 15.5. The fourth-order valence-corrected chi connectivity index (χ4v) is 7.87. The van der Waals surface area contributed by atoms with Crippen molar-refractivity contribution in [2.24, 2.45) is 23.2 Å². The van der Waals surface area contributed by atoms with Crippen molar-refractivity contribution in [2.75, 3.05) is 6.54 Å². The number of aromatic nitrogens is 2. The number of nitrogens with zero attached hydrogens (tertiary/aromatic N) is 3. The molecule has 6 atom stereocenters. The van der Waals surface area contributed by atoms with Gasteiger partial charge < -0.3 is 26.2 Å². The summed E-state index contributed by atoms with van der Waals surface area (Å²) >= 11 is 0. The number of Topliss-reactive ketones (excluding diaryl/α,β-unsaturated/α-hetero) is 1. The number of likely N-dealkylation sites (tertiary alicyclic amines) is 1. The minimum absolute atomic E-state index is 0. The summed E-state index contributed by atoms with van der Waals surface area (Å²) in [7, 11) is 0. The van der Waals surface area contributed by atoms with Crippen molar-refractivity contribution in [1.29, 1.82) is 0 Å². The van der Waals surface area contributed by atoms with Crippen LogP contribution in [-0.4, -0.2) is 86.9 Å². The highest BCUT2D eigenvalue weighted by atomic mass is 32.1. The molecule has 1 aromatic rings. The molecule has 3 aliphatic carbocycles. The standard InChI is InChI=1S/C36H53N7O6.2CH4.3H2S/c1-5-10-25(29(44)34(48)39-23-15-16-23)40-33(47)28-24-14-9-13-22(24)20-43(28)35(49)30(36(2,3)4)42-32(46)27(21-11-7-6-8-12-21)41-31(45)26-19-37-17-18-38-26;;;;;/h17-19,21-25,27-28,30H,5-16,20H2,1-4H3,(H,39,48)(H,40,47)(H,41,45)(H,42,46);2*1H4;3*1H2/t22-,24-,25+,27-,28-,30-;;;;;/m1...../s1. The highest BCUT2D eigenvalue weighted by Crippen LogP contribution is 2.43. The molecular weight excluding hydrogens is 747 g/mol. The fourth-order valence-electron chi connectivity index (χ4n) is 7.87. The molecule has 0 bridgehead atoms. The van der Waals surface area contributed by atoms with Gasteiger partial charge in [-0.15, -0.1) is 0 Å². The van der Waals surface area contributed by atoms with E-state index in [0.29, 0.717) is 19.4 Å². The molecule has 3 saturated carbocycles. The zero-order valence-corrected chi connectivity index (χ0v) is 33.8. The Morgan fingerprint density at radius 1 is 0.852 bits per heavy atom. The molecule has 0 radical (unpaired) electrons. The second kappa shape index (κ2) is 22.6. The number of carbonyl (C=O) groups excluding carboxylic acids is 6. The van der Waals surface area contributed by atoms with Gasteiger partial charge in [0.1, 0.15) is 23.8 Å². The van der Waals surface area contributed by atoms with Crippen LogP contribution >= 0.6 is 40.5 Å². The van der Waals surface area contributed by atoms with Gasteiger partial charge in [-0.1, -0.05) is 74.7 Å². The van der Waals surface area contributed by atoms with Crippen molar-refractivity contribution >= 4 is 75.8 Å². The molecule has 13 nitrogen and oxygen atoms in total. The smallest absolute Gasteiger partial charge is 0.289 e. The van der Waals surface area contributed by atoms with E-state index in [4.69, 9.17) is 0 Å². The first-order valence-electron chi connectivity index (χ1n) is 18.2. The third kappa shape index (κ3) is 12.6. The van der Waals surface area contributed by atoms with E-state index in [1.165, 1.54) is 18.6 Å². The van der Waals surface area contributed by atoms with Gasteiger partial charge in [-0.05, 0) is 68.1 Å². The van der Waals surface area contributed by atoms with Crippen LogP contribution in [0.1, 0.15) is 130 Å². The Kier molecular flexibility index (Phi) is 21.4. The van der Waals surface area contributed by atoms with Crippen LogP contribution < -0.4 is 21.3 Å². The minimum Gasteiger partial charge on any atom is -0.347 e. The van der Waals surface area contributed by atoms with E-state index in [-0.39, 0.29) is 90.7 Å². The quantitative estimate of drug-likeness (QED) is 0.216. The van der Waals surface area contributed by atoms with Crippen LogP contribution in [0, 0.1) is 23.2 Å². The predicted octanol–water partition coefficient (Wildman–Crippen LogP) is 4.06. The Morgan fingerprint density at radius 2 is 1.52 bits per heavy atom. The molecule has 0 spiro atoms. The van der Waals surface area contributed by atoms with Crippen molar-refractivity contribution < 1.29 is 28.8 Å². The maximum Gasteiger partial charge on any atom is 0.289 e. The Morgan fingerprint density at radius 3 is 2.09 bits per heavy atom. The number of fused-ring (bicyclic) bond motifs is 1. The Bertz CT molecular complexity index is 1410. The number of amides is 5. The molecule has 1 saturated heterocycles. The van der Waals surface area contributed by atoms with Crippen LogP contribution in [0.3, 0.4) is 0 Å². The van der Waals surface area contributed by atoms with E-state index < -0.39 is 59.0 Å². The van der Waals surface area contributed by atoms with Gasteiger partial charge in [-0.25, -0.2) is 4.98 Å². The van der Waals surface area contributed by atoms with Crippen molar-refractivity contribution in [3.8, 4) is 0 Å². The number of hydrogen-bond acceptors (Lipinski definition) is 8. The summed E-state index contributed by atoms with van der Waals surface area (Å²) < 4.78 is 0. The average molecular weight is 814 g/mol. The maximum atomic E-state index is 14.6. The van der Waals surface area contributed by atoms with Gasteiger partial charge in [-0.2, -0.15) is 40.5 Å². The van der Waals surface area contributed by atoms with Crippen molar-refractivity contribution in [1.82, 2.24) is 36.1 Å². The van der Waals surface area contributed by atoms with Crippen LogP contribution in [0.25, 0.3) is 0 Å². The number of ketones is 1. The van der Waals surface area contributed by atoms with Gasteiger partial charge in [0.15, 0.2) is 0 Å². The zero-order valence-electron chi connectivity index (χ0n) is 30.8. The average Bonchev–Trinajstić information content (AvgIpc) is 3.65. The Balaban J connectivity index is 0.00000562. The van der Waals surface area contributed by atoms with Crippen LogP contribution in [0.2, 0.25) is 0 Å². The third-order valence-corrected chi connectivity index (χ3v) is 10.7. The number of rotatable bonds is 13. The van der Waals surface area contributed by atoms with Crippen molar-refractivity contribution in [2.45, 2.75) is 150 Å². The highest BCUT2D eigenvalue weighted by Gasteiger charge is 2.52. The lowest BCUT2D eigenvalue weighted by Gasteiger charge is -2.38. The van der Waals surface area contributed by atoms with Crippen molar-refractivity contribution in [3.63, 3.8) is 0 Å². The monoisotopic (exact) mass is 813 g/mol. The highest BCUT2D eigenvalue weighted by molar-refractivity contribution is 7.59. The molecule has 308 valence electrons. The molecule has 0 aromatic carbocycles. The number of carbonyl (C=O) groups is 6. The first-order chi connectivity index (χ1) is 23.4. The molecule has 5 amide bonds. The topological polar surface area (TPSA) is 180 Å². The summed E-state index contributed by atoms with van der Waals surface area (Å²) in [5, 5.41) is 11.5. The van der Waals surface area contributed by atoms with Gasteiger partial charge in [0.2, 0.25) is 23.5 Å². The van der Waals surface area contributed by atoms with E-state index >= 15 is 0 Å². The zero-order chi connectivity index (χ0) is 35.3. The summed E-state index contributed by atoms with van der Waals surface area (Å²) in [6.45, 7) is 7.85. The molecule has 1 aromatic heterocycles. The molecule has 16 heteroatoms. The van der Waals surface area contributed by atoms with E-state index in [0.717, 1.165) is 64.2 Å². The number of nitrogens with one attached hydrogen (secondary N) is 4. The predicted molar refractivity (Wildman–Crippen MR) is 225 cm³/mol. The maximum absolute atomic E-state index is 14.6. The van der Waals surface area contributed by atoms with E-state index in [1.54, 1.807) is 4.90 Å². The first kappa shape index (κ1) is 51.1. The first-order valence-corrected chi connectivity index (χ1v) is 18.2. The summed E-state index contributed by atoms with van der Waals surface area (Å²) in [5.74, 6) is -3.20. The number of hydrogen-bond donors (Lipinski definition) is 4. The lowest BCUT2D eigenvalue weighted by Crippen LogP contribution is -2.62. The van der Waals surface area contributed by atoms with Gasteiger partial charge >= 0.3 is 0 Å². The lowest BCUT2D eigenvalue weighted by atomic mass is 9.82. The lowest BCUT2D eigenvalue weighted by molar-refractivity contribution is -0.146. The van der Waals surface area contributed by atoms with Crippen LogP contribution in [0.5, 0.6) is 0 Å². The van der Waals surface area contributed by atoms with Gasteiger partial charge in [-0.3, -0.25) is 33.8 Å². The second-order valence-electron chi connectivity index (χ2n) is 15.5. The van der Waals surface area contributed by atoms with Crippen LogP contribution in [0.15, 0.2) is 18.6 Å². The molecule has 1 aliphatic heterocycles. The van der Waals surface area contributed by atoms with E-state index in [1.807, 2.05) is 27.7 Å². The van der Waals surface area contributed by atoms with Crippen LogP contribution in [-0.2, 0) is 24.0 Å². The van der Waals surface area contributed by atoms with Gasteiger partial charge in [0.25, 0.3) is 11.8 Å². The van der Waals surface area contributed by atoms with E-state index in [2.05, 4.69) is 31.2 Å². The normalized spacial score (nSPS) is 22.0. The molecular formula is C38H67N7O6S3. The molecule has 4 fully saturated rings. The van der Waals surface area contributed by atoms with E-state index in [9.17, 15) is 28.8 Å². The fraction of sp³-hybridized carbons (Fsp3) is 0.737. The van der Waals surface area contributed by atoms with Gasteiger partial charge in [0, 0.05) is 25.0 Å². The summed E-state index contributed by atoms with van der Waals surface area (Å²) in [4.78, 5) is 91.4. The Hall–Kier alpha value is -2.85. The molecule has 0 unspecified atom stereocenters. The molecule has 4 N–H and O–H groups in total. The summed E-state index contributed by atoms with van der Waals surface area (Å²) in [6, 6.07) is -3.68. The largest absolute Gasteiger partial charge is 0.347 e. The summed E-state index contributed by atoms with van der Waals surface area (Å²) in [5.41, 5.74) is -0.638. The summed E-state index contributed by atoms with van der Waals surface area (Å²) in [6.07, 6.45) is 13.9. The Labute approximate surface area is 343 Å². The molecule has 5 rings (SSSR count). The SMILES string of the molecule is C.C.CCC[C@H](NC(=O)[C@H]1[C@@H]2CCC[C@@H]2CN1C(=O)[C@@H](NC(=O)[C@H](NC(=O)c1cnccn1)C1CCCCC1)C(C)(C)C)C(=O)C(=O)NC1CC1.S.S.S. The third-order valence-electron chi connectivity index (χ3n) is 10.7. The molecule has 54 heavy (non-hydrogen) atoms. The van der Waals surface area contributed by atoms with Crippen molar-refractivity contribution in [3.05, 3.63) is 24.3 Å². The van der Waals surface area contributed by atoms with Crippen LogP contribution in [0.4, 0.5) is 0 Å². The molecule has 4 aliphatic rings. The molecule has 2 heterocycles.